The fourth-order valence-electron chi connectivity index (χ4n) is 3.24. The van der Waals surface area contributed by atoms with Gasteiger partial charge in [-0.25, -0.2) is 4.98 Å². The summed E-state index contributed by atoms with van der Waals surface area (Å²) in [5.41, 5.74) is 2.52. The van der Waals surface area contributed by atoms with Gasteiger partial charge in [0.15, 0.2) is 0 Å². The van der Waals surface area contributed by atoms with Crippen LogP contribution in [0.2, 0.25) is 0 Å². The molecule has 6 heteroatoms. The first-order valence-corrected chi connectivity index (χ1v) is 7.90. The number of carbonyl (C=O) groups is 1. The Morgan fingerprint density at radius 1 is 1.33 bits per heavy atom. The van der Waals surface area contributed by atoms with Gasteiger partial charge in [-0.2, -0.15) is 0 Å². The molecule has 1 aromatic carbocycles. The molecule has 0 saturated carbocycles. The Morgan fingerprint density at radius 2 is 2.21 bits per heavy atom. The van der Waals surface area contributed by atoms with E-state index in [1.54, 1.807) is 25.8 Å². The lowest BCUT2D eigenvalue weighted by molar-refractivity contribution is 0.0599. The summed E-state index contributed by atoms with van der Waals surface area (Å²) in [5, 5.41) is 0.971. The lowest BCUT2D eigenvalue weighted by Gasteiger charge is -2.34. The number of pyridine rings is 1. The van der Waals surface area contributed by atoms with Gasteiger partial charge in [-0.3, -0.25) is 9.78 Å². The number of nitrogens with zero attached hydrogens (tertiary/aromatic N) is 4. The number of amides is 1. The van der Waals surface area contributed by atoms with E-state index in [-0.39, 0.29) is 11.9 Å². The highest BCUT2D eigenvalue weighted by Crippen LogP contribution is 2.23. The van der Waals surface area contributed by atoms with Crippen LogP contribution in [0.25, 0.3) is 10.9 Å². The fourth-order valence-corrected chi connectivity index (χ4v) is 3.24. The molecule has 3 aromatic rings. The molecule has 0 radical (unpaired) electrons. The number of imidazole rings is 1. The molecule has 4 rings (SSSR count). The van der Waals surface area contributed by atoms with Crippen LogP contribution in [-0.2, 0) is 11.3 Å². The van der Waals surface area contributed by atoms with Crippen molar-refractivity contribution < 1.29 is 9.53 Å². The number of para-hydroxylation sites is 1. The van der Waals surface area contributed by atoms with Crippen LogP contribution >= 0.6 is 0 Å². The van der Waals surface area contributed by atoms with Gasteiger partial charge in [0.25, 0.3) is 5.91 Å². The Morgan fingerprint density at radius 3 is 3.08 bits per heavy atom. The van der Waals surface area contributed by atoms with Crippen LogP contribution in [0, 0.1) is 0 Å². The van der Waals surface area contributed by atoms with Gasteiger partial charge in [-0.15, -0.1) is 0 Å². The maximum atomic E-state index is 12.9. The van der Waals surface area contributed by atoms with Crippen molar-refractivity contribution in [2.24, 2.45) is 0 Å². The Bertz CT molecular complexity index is 889. The molecule has 6 nitrogen and oxygen atoms in total. The van der Waals surface area contributed by atoms with Crippen molar-refractivity contribution in [3.8, 4) is 0 Å². The molecule has 1 aliphatic heterocycles. The summed E-state index contributed by atoms with van der Waals surface area (Å²) < 4.78 is 7.39. The molecule has 0 spiro atoms. The fraction of sp³-hybridized carbons (Fsp3) is 0.278. The predicted molar refractivity (Wildman–Crippen MR) is 89.6 cm³/mol. The molecule has 0 aliphatic carbocycles. The second-order valence-corrected chi connectivity index (χ2v) is 6.00. The number of rotatable bonds is 3. The summed E-state index contributed by atoms with van der Waals surface area (Å²) in [6.45, 7) is 1.69. The normalized spacial score (nSPS) is 17.0. The lowest BCUT2D eigenvalue weighted by Crippen LogP contribution is -2.42. The molecular weight excluding hydrogens is 304 g/mol. The van der Waals surface area contributed by atoms with E-state index in [0.29, 0.717) is 25.3 Å². The molecule has 24 heavy (non-hydrogen) atoms. The van der Waals surface area contributed by atoms with E-state index in [2.05, 4.69) is 14.5 Å². The van der Waals surface area contributed by atoms with E-state index < -0.39 is 0 Å². The van der Waals surface area contributed by atoms with Gasteiger partial charge < -0.3 is 14.2 Å². The summed E-state index contributed by atoms with van der Waals surface area (Å²) in [7, 11) is 1.67. The van der Waals surface area contributed by atoms with E-state index in [1.165, 1.54) is 0 Å². The summed E-state index contributed by atoms with van der Waals surface area (Å²) >= 11 is 0. The van der Waals surface area contributed by atoms with E-state index in [9.17, 15) is 4.79 Å². The maximum Gasteiger partial charge on any atom is 0.255 e. The van der Waals surface area contributed by atoms with Gasteiger partial charge in [0, 0.05) is 31.4 Å². The van der Waals surface area contributed by atoms with Gasteiger partial charge in [0.2, 0.25) is 0 Å². The van der Waals surface area contributed by atoms with Crippen LogP contribution < -0.4 is 0 Å². The summed E-state index contributed by atoms with van der Waals surface area (Å²) in [6, 6.07) is 9.79. The summed E-state index contributed by atoms with van der Waals surface area (Å²) in [5.74, 6) is -0.0122. The van der Waals surface area contributed by atoms with Crippen molar-refractivity contribution in [2.75, 3.05) is 20.3 Å². The Kier molecular flexibility index (Phi) is 3.74. The van der Waals surface area contributed by atoms with Crippen LogP contribution in [0.5, 0.6) is 0 Å². The molecule has 122 valence electrons. The van der Waals surface area contributed by atoms with Crippen molar-refractivity contribution in [1.82, 2.24) is 19.4 Å². The monoisotopic (exact) mass is 322 g/mol. The second kappa shape index (κ2) is 6.05. The summed E-state index contributed by atoms with van der Waals surface area (Å²) in [6.07, 6.45) is 5.26. The zero-order chi connectivity index (χ0) is 16.5. The highest BCUT2D eigenvalue weighted by atomic mass is 16.5. The highest BCUT2D eigenvalue weighted by molar-refractivity contribution is 5.97. The molecular formula is C18H18N4O2. The standard InChI is InChI=1S/C18H18N4O2/c1-24-11-16-10-21(9-15-8-19-12-22(15)16)18(23)14-6-13-4-2-3-5-17(13)20-7-14/h2-8,12,16H,9-11H2,1H3/t16-/m0/s1. The van der Waals surface area contributed by atoms with Gasteiger partial charge in [-0.1, -0.05) is 18.2 Å². The first-order chi connectivity index (χ1) is 11.8. The largest absolute Gasteiger partial charge is 0.382 e. The van der Waals surface area contributed by atoms with Crippen LogP contribution in [0.1, 0.15) is 22.1 Å². The SMILES string of the molecule is COC[C@@H]1CN(C(=O)c2cnc3ccccc3c2)Cc2cncn21. The van der Waals surface area contributed by atoms with E-state index in [1.807, 2.05) is 35.2 Å². The number of fused-ring (bicyclic) bond motifs is 2. The molecule has 1 atom stereocenters. The number of methoxy groups -OCH3 is 1. The molecule has 0 N–H and O–H groups in total. The predicted octanol–water partition coefficient (Wildman–Crippen LogP) is 2.27. The third kappa shape index (κ3) is 2.55. The van der Waals surface area contributed by atoms with Gasteiger partial charge in [0.1, 0.15) is 0 Å². The van der Waals surface area contributed by atoms with E-state index in [0.717, 1.165) is 16.6 Å². The van der Waals surface area contributed by atoms with Crippen LogP contribution in [0.3, 0.4) is 0 Å². The van der Waals surface area contributed by atoms with Gasteiger partial charge in [0.05, 0.1) is 42.3 Å². The minimum absolute atomic E-state index is 0.0122. The van der Waals surface area contributed by atoms with Crippen molar-refractivity contribution in [3.05, 3.63) is 60.3 Å². The highest BCUT2D eigenvalue weighted by Gasteiger charge is 2.28. The van der Waals surface area contributed by atoms with Crippen LogP contribution in [0.4, 0.5) is 0 Å². The first kappa shape index (κ1) is 14.8. The number of hydrogen-bond acceptors (Lipinski definition) is 4. The number of aromatic nitrogens is 3. The van der Waals surface area contributed by atoms with Crippen LogP contribution in [-0.4, -0.2) is 45.6 Å². The number of hydrogen-bond donors (Lipinski definition) is 0. The van der Waals surface area contributed by atoms with Crippen molar-refractivity contribution in [1.29, 1.82) is 0 Å². The zero-order valence-corrected chi connectivity index (χ0v) is 13.4. The Hall–Kier alpha value is -2.73. The molecule has 0 unspecified atom stereocenters. The van der Waals surface area contributed by atoms with Crippen molar-refractivity contribution in [2.45, 2.75) is 12.6 Å². The van der Waals surface area contributed by atoms with Crippen molar-refractivity contribution >= 4 is 16.8 Å². The average molecular weight is 322 g/mol. The minimum Gasteiger partial charge on any atom is -0.382 e. The molecule has 1 amide bonds. The minimum atomic E-state index is -0.0122. The Balaban J connectivity index is 1.64. The second-order valence-electron chi connectivity index (χ2n) is 6.00. The number of benzene rings is 1. The third-order valence-corrected chi connectivity index (χ3v) is 4.41. The quantitative estimate of drug-likeness (QED) is 0.742. The van der Waals surface area contributed by atoms with E-state index in [4.69, 9.17) is 4.74 Å². The topological polar surface area (TPSA) is 60.2 Å². The third-order valence-electron chi connectivity index (χ3n) is 4.41. The Labute approximate surface area is 139 Å². The van der Waals surface area contributed by atoms with Crippen molar-refractivity contribution in [3.63, 3.8) is 0 Å². The smallest absolute Gasteiger partial charge is 0.255 e. The van der Waals surface area contributed by atoms with E-state index >= 15 is 0 Å². The molecule has 0 saturated heterocycles. The summed E-state index contributed by atoms with van der Waals surface area (Å²) in [4.78, 5) is 23.4. The van der Waals surface area contributed by atoms with Crippen LogP contribution in [0.15, 0.2) is 49.1 Å². The molecule has 2 aromatic heterocycles. The molecule has 0 bridgehead atoms. The lowest BCUT2D eigenvalue weighted by atomic mass is 10.1. The number of carbonyl (C=O) groups excluding carboxylic acids is 1. The molecule has 0 fully saturated rings. The number of ether oxygens (including phenoxy) is 1. The first-order valence-electron chi connectivity index (χ1n) is 7.90. The average Bonchev–Trinajstić information content (AvgIpc) is 3.10. The zero-order valence-electron chi connectivity index (χ0n) is 13.4. The van der Waals surface area contributed by atoms with Gasteiger partial charge >= 0.3 is 0 Å². The molecule has 1 aliphatic rings. The van der Waals surface area contributed by atoms with Gasteiger partial charge in [-0.05, 0) is 12.1 Å². The maximum absolute atomic E-state index is 12.9. The molecule has 3 heterocycles.